The van der Waals surface area contributed by atoms with E-state index in [1.165, 1.54) is 6.42 Å². The van der Waals surface area contributed by atoms with Gasteiger partial charge in [-0.15, -0.1) is 0 Å². The number of fused-ring (bicyclic) bond motifs is 3. The summed E-state index contributed by atoms with van der Waals surface area (Å²) in [6, 6.07) is 0. The van der Waals surface area contributed by atoms with Crippen molar-refractivity contribution in [3.63, 3.8) is 0 Å². The molecule has 4 aliphatic carbocycles. The fourth-order valence-corrected chi connectivity index (χ4v) is 4.32. The van der Waals surface area contributed by atoms with Gasteiger partial charge in [0.2, 0.25) is 0 Å². The van der Waals surface area contributed by atoms with E-state index >= 15 is 0 Å². The van der Waals surface area contributed by atoms with Crippen LogP contribution in [0.4, 0.5) is 0 Å². The van der Waals surface area contributed by atoms with Crippen molar-refractivity contribution in [1.29, 1.82) is 0 Å². The molecule has 3 heteroatoms. The summed E-state index contributed by atoms with van der Waals surface area (Å²) < 4.78 is 0. The topological polar surface area (TPSA) is 0 Å². The number of hydrogen-bond acceptors (Lipinski definition) is 0. The number of hydrogen-bond donors (Lipinski definition) is 0. The summed E-state index contributed by atoms with van der Waals surface area (Å²) in [6.45, 7) is 9.62. The molecular weight excluding hydrogens is 347 g/mol. The van der Waals surface area contributed by atoms with Crippen LogP contribution < -0.4 is 0 Å². The van der Waals surface area contributed by atoms with Crippen LogP contribution in [0.25, 0.3) is 0 Å². The van der Waals surface area contributed by atoms with E-state index in [2.05, 4.69) is 47.0 Å². The van der Waals surface area contributed by atoms with Crippen molar-refractivity contribution in [2.75, 3.05) is 0 Å². The molecule has 4 rings (SSSR count). The molecule has 0 N–H and O–H groups in total. The summed E-state index contributed by atoms with van der Waals surface area (Å²) in [6.07, 6.45) is 18.4. The fourth-order valence-electron chi connectivity index (χ4n) is 4.32. The van der Waals surface area contributed by atoms with Crippen LogP contribution in [0, 0.1) is 85.9 Å². The van der Waals surface area contributed by atoms with Crippen LogP contribution in [0.15, 0.2) is 0 Å². The second-order valence-electron chi connectivity index (χ2n) is 7.06. The Kier molecular flexibility index (Phi) is 7.24. The van der Waals surface area contributed by atoms with Crippen LogP contribution in [0.5, 0.6) is 0 Å². The molecule has 0 unspecified atom stereocenters. The van der Waals surface area contributed by atoms with Crippen molar-refractivity contribution in [2.24, 2.45) is 22.7 Å². The molecule has 0 aliphatic heterocycles. The fraction of sp³-hybridized carbons (Fsp3) is 0.474. The maximum atomic E-state index is 4.89. The molecule has 118 valence electrons. The zero-order valence-corrected chi connectivity index (χ0v) is 16.8. The van der Waals surface area contributed by atoms with Crippen LogP contribution >= 0.6 is 18.6 Å². The summed E-state index contributed by atoms with van der Waals surface area (Å²) in [5, 5.41) is 0. The summed E-state index contributed by atoms with van der Waals surface area (Å²) in [5.41, 5.74) is 0.992. The monoisotopic (exact) mass is 370 g/mol. The molecule has 4 saturated carbocycles. The zero-order valence-electron chi connectivity index (χ0n) is 13.7. The zero-order chi connectivity index (χ0) is 16.4. The van der Waals surface area contributed by atoms with Gasteiger partial charge in [-0.3, -0.25) is 0 Å². The van der Waals surface area contributed by atoms with Gasteiger partial charge in [-0.1, -0.05) is 27.7 Å². The summed E-state index contributed by atoms with van der Waals surface area (Å²) >= 11 is -0.556. The number of halogens is 2. The van der Waals surface area contributed by atoms with Gasteiger partial charge in [0, 0.05) is 0 Å². The Bertz CT molecular complexity index is 344. The average molecular weight is 371 g/mol. The molecule has 2 atom stereocenters. The van der Waals surface area contributed by atoms with Crippen LogP contribution in [-0.4, -0.2) is 0 Å². The van der Waals surface area contributed by atoms with E-state index in [0.717, 1.165) is 11.8 Å². The minimum absolute atomic E-state index is 0.434. The van der Waals surface area contributed by atoms with Crippen molar-refractivity contribution in [3.05, 3.63) is 63.2 Å². The molecule has 0 spiro atoms. The van der Waals surface area contributed by atoms with Gasteiger partial charge in [-0.2, -0.15) is 0 Å². The quantitative estimate of drug-likeness (QED) is 0.507. The van der Waals surface area contributed by atoms with E-state index < -0.39 is 17.0 Å². The summed E-state index contributed by atoms with van der Waals surface area (Å²) in [7, 11) is 9.78. The van der Waals surface area contributed by atoms with Gasteiger partial charge in [0.1, 0.15) is 0 Å². The Morgan fingerprint density at radius 1 is 0.955 bits per heavy atom. The number of rotatable bonds is 1. The van der Waals surface area contributed by atoms with E-state index in [0.29, 0.717) is 10.8 Å². The first kappa shape index (κ1) is 19.6. The molecule has 0 nitrogen and oxygen atoms in total. The average Bonchev–Trinajstić information content (AvgIpc) is 2.90. The summed E-state index contributed by atoms with van der Waals surface area (Å²) in [5.74, 6) is 5.02. The molecule has 22 heavy (non-hydrogen) atoms. The first-order valence-corrected chi connectivity index (χ1v) is 12.1. The van der Waals surface area contributed by atoms with Crippen molar-refractivity contribution >= 4 is 18.6 Å². The first-order chi connectivity index (χ1) is 10.4. The molecule has 4 fully saturated rings. The predicted molar refractivity (Wildman–Crippen MR) is 91.8 cm³/mol. The Balaban J connectivity index is 0.000000184. The molecule has 0 aromatic carbocycles. The van der Waals surface area contributed by atoms with Gasteiger partial charge in [0.05, 0.1) is 0 Å². The minimum atomic E-state index is -0.556. The third-order valence-electron chi connectivity index (χ3n) is 5.47. The molecule has 0 heterocycles. The van der Waals surface area contributed by atoms with E-state index in [1.54, 1.807) is 11.8 Å². The van der Waals surface area contributed by atoms with Crippen LogP contribution in [0.3, 0.4) is 0 Å². The van der Waals surface area contributed by atoms with Gasteiger partial charge in [-0.25, -0.2) is 0 Å². The van der Waals surface area contributed by atoms with Gasteiger partial charge >= 0.3 is 35.6 Å². The third kappa shape index (κ3) is 3.61. The Hall–Kier alpha value is 1.29. The normalized spacial score (nSPS) is 35.1. The van der Waals surface area contributed by atoms with E-state index in [9.17, 15) is 0 Å². The Labute approximate surface area is 155 Å². The van der Waals surface area contributed by atoms with Crippen LogP contribution in [-0.2, 0) is 17.0 Å². The van der Waals surface area contributed by atoms with Crippen molar-refractivity contribution in [3.8, 4) is 0 Å². The molecule has 0 amide bonds. The molecule has 4 aliphatic rings. The van der Waals surface area contributed by atoms with Crippen LogP contribution in [0.2, 0.25) is 0 Å². The van der Waals surface area contributed by atoms with Gasteiger partial charge in [-0.05, 0) is 92.3 Å². The van der Waals surface area contributed by atoms with E-state index in [-0.39, 0.29) is 0 Å². The molecule has 0 saturated heterocycles. The second kappa shape index (κ2) is 8.12. The standard InChI is InChI=1S/C14H19.C5H5.2ClH.Ti/c1-9(2)14-8-12(14)13(3,4)10-6-5-7-11(10)14;1-2-4-5-3-1;;;/h5-7,9,12H,8H2,1-4H3;1-5H;2*1H;/q;;;;+2/p-2/t12-,14-;;;;/m1..../s1. The molecular formula is C19H24Cl2Ti. The van der Waals surface area contributed by atoms with Crippen molar-refractivity contribution in [1.82, 2.24) is 0 Å². The molecule has 10 radical (unpaired) electrons. The predicted octanol–water partition coefficient (Wildman–Crippen LogP) is 5.86. The summed E-state index contributed by atoms with van der Waals surface area (Å²) in [4.78, 5) is 0. The second-order valence-corrected chi connectivity index (χ2v) is 9.64. The SMILES string of the molecule is CC(C)[C@@]12C[C@@H]1C(C)(C)[C]1[CH][CH][CH][C]12.[CH]1[CH][CH][CH][CH]1.[Cl][Ti][Cl]. The van der Waals surface area contributed by atoms with E-state index in [1.807, 2.05) is 32.1 Å². The van der Waals surface area contributed by atoms with Crippen LogP contribution in [0.1, 0.15) is 34.1 Å². The van der Waals surface area contributed by atoms with Gasteiger partial charge < -0.3 is 0 Å². The Morgan fingerprint density at radius 3 is 1.86 bits per heavy atom. The first-order valence-electron chi connectivity index (χ1n) is 7.82. The molecule has 0 aromatic heterocycles. The van der Waals surface area contributed by atoms with E-state index in [4.69, 9.17) is 18.6 Å². The van der Waals surface area contributed by atoms with Crippen molar-refractivity contribution in [2.45, 2.75) is 34.1 Å². The molecule has 0 aromatic rings. The third-order valence-corrected chi connectivity index (χ3v) is 5.47. The van der Waals surface area contributed by atoms with Gasteiger partial charge in [0.15, 0.2) is 0 Å². The molecule has 0 bridgehead atoms. The Morgan fingerprint density at radius 2 is 1.41 bits per heavy atom. The van der Waals surface area contributed by atoms with Crippen molar-refractivity contribution < 1.29 is 17.0 Å². The maximum absolute atomic E-state index is 4.89. The van der Waals surface area contributed by atoms with Gasteiger partial charge in [0.25, 0.3) is 0 Å².